The first-order valence-corrected chi connectivity index (χ1v) is 5.60. The summed E-state index contributed by atoms with van der Waals surface area (Å²) < 4.78 is 10.4. The second-order valence-corrected chi connectivity index (χ2v) is 3.59. The van der Waals surface area contributed by atoms with Crippen molar-refractivity contribution in [3.05, 3.63) is 23.8 Å². The Hall–Kier alpha value is -1.73. The van der Waals surface area contributed by atoms with Crippen LogP contribution < -0.4 is 14.8 Å². The third kappa shape index (κ3) is 4.33. The maximum Gasteiger partial charge on any atom is 0.125 e. The number of hydrogen-bond acceptors (Lipinski definition) is 4. The van der Waals surface area contributed by atoms with Crippen LogP contribution >= 0.6 is 0 Å². The van der Waals surface area contributed by atoms with E-state index in [1.54, 1.807) is 14.2 Å². The number of rotatable bonds is 7. The van der Waals surface area contributed by atoms with E-state index < -0.39 is 0 Å². The molecular formula is C13H18N2O2. The van der Waals surface area contributed by atoms with E-state index >= 15 is 0 Å². The van der Waals surface area contributed by atoms with Gasteiger partial charge in [-0.2, -0.15) is 5.26 Å². The number of ether oxygens (including phenoxy) is 2. The summed E-state index contributed by atoms with van der Waals surface area (Å²) in [4.78, 5) is 0. The zero-order valence-electron chi connectivity index (χ0n) is 10.3. The molecule has 92 valence electrons. The quantitative estimate of drug-likeness (QED) is 0.730. The van der Waals surface area contributed by atoms with Crippen LogP contribution in [0.15, 0.2) is 18.2 Å². The van der Waals surface area contributed by atoms with Crippen LogP contribution in [0.4, 0.5) is 0 Å². The Bertz CT molecular complexity index is 385. The van der Waals surface area contributed by atoms with Crippen LogP contribution in [0.5, 0.6) is 11.5 Å². The molecule has 0 spiro atoms. The first-order valence-electron chi connectivity index (χ1n) is 5.60. The maximum absolute atomic E-state index is 8.40. The van der Waals surface area contributed by atoms with Crippen molar-refractivity contribution in [1.29, 1.82) is 5.26 Å². The molecule has 0 saturated carbocycles. The predicted octanol–water partition coefficient (Wildman–Crippen LogP) is 1.75. The minimum atomic E-state index is 0.541. The number of benzene rings is 1. The Morgan fingerprint density at radius 1 is 1.24 bits per heavy atom. The molecule has 0 radical (unpaired) electrons. The van der Waals surface area contributed by atoms with Gasteiger partial charge in [0.1, 0.15) is 11.5 Å². The van der Waals surface area contributed by atoms with E-state index in [4.69, 9.17) is 14.7 Å². The molecular weight excluding hydrogens is 216 g/mol. The number of methoxy groups -OCH3 is 2. The monoisotopic (exact) mass is 234 g/mol. The van der Waals surface area contributed by atoms with Crippen LogP contribution in [0, 0.1) is 11.3 Å². The van der Waals surface area contributed by atoms with Crippen LogP contribution in [0.3, 0.4) is 0 Å². The molecule has 0 fully saturated rings. The van der Waals surface area contributed by atoms with Crippen LogP contribution in [0.2, 0.25) is 0 Å². The lowest BCUT2D eigenvalue weighted by atomic mass is 10.1. The molecule has 0 unspecified atom stereocenters. The molecule has 0 amide bonds. The van der Waals surface area contributed by atoms with Gasteiger partial charge in [-0.1, -0.05) is 6.07 Å². The molecule has 1 N–H and O–H groups in total. The topological polar surface area (TPSA) is 54.3 Å². The Morgan fingerprint density at radius 3 is 2.71 bits per heavy atom. The summed E-state index contributed by atoms with van der Waals surface area (Å²) in [6, 6.07) is 7.91. The third-order valence-electron chi connectivity index (χ3n) is 2.48. The van der Waals surface area contributed by atoms with Crippen LogP contribution in [-0.4, -0.2) is 27.3 Å². The molecule has 0 bridgehead atoms. The lowest BCUT2D eigenvalue weighted by molar-refractivity contribution is 0.390. The standard InChI is InChI=1S/C13H18N2O2/c1-16-12-5-4-11(13(10-12)17-2)6-9-15-8-3-7-14/h4-5,10,15H,3,6,8-9H2,1-2H3. The van der Waals surface area contributed by atoms with Gasteiger partial charge >= 0.3 is 0 Å². The van der Waals surface area contributed by atoms with E-state index in [0.29, 0.717) is 6.42 Å². The molecule has 0 saturated heterocycles. The van der Waals surface area contributed by atoms with Gasteiger partial charge in [-0.25, -0.2) is 0 Å². The number of nitriles is 1. The molecule has 0 aliphatic heterocycles. The molecule has 1 rings (SSSR count). The Morgan fingerprint density at radius 2 is 2.06 bits per heavy atom. The van der Waals surface area contributed by atoms with Gasteiger partial charge in [0.05, 0.1) is 20.3 Å². The summed E-state index contributed by atoms with van der Waals surface area (Å²) in [5, 5.41) is 11.6. The molecule has 0 aromatic heterocycles. The van der Waals surface area contributed by atoms with Gasteiger partial charge in [0.15, 0.2) is 0 Å². The highest BCUT2D eigenvalue weighted by Crippen LogP contribution is 2.24. The van der Waals surface area contributed by atoms with E-state index in [1.807, 2.05) is 18.2 Å². The Kier molecular flexibility index (Phi) is 5.91. The van der Waals surface area contributed by atoms with Crippen molar-refractivity contribution in [2.24, 2.45) is 0 Å². The fourth-order valence-electron chi connectivity index (χ4n) is 1.55. The van der Waals surface area contributed by atoms with Crippen molar-refractivity contribution < 1.29 is 9.47 Å². The largest absolute Gasteiger partial charge is 0.497 e. The molecule has 0 heterocycles. The van der Waals surface area contributed by atoms with Crippen LogP contribution in [0.1, 0.15) is 12.0 Å². The van der Waals surface area contributed by atoms with Crippen LogP contribution in [0.25, 0.3) is 0 Å². The van der Waals surface area contributed by atoms with Gasteiger partial charge in [0.25, 0.3) is 0 Å². The van der Waals surface area contributed by atoms with Gasteiger partial charge in [0.2, 0.25) is 0 Å². The SMILES string of the molecule is COc1ccc(CCNCCC#N)c(OC)c1. The fourth-order valence-corrected chi connectivity index (χ4v) is 1.55. The van der Waals surface area contributed by atoms with Crippen molar-refractivity contribution in [3.63, 3.8) is 0 Å². The molecule has 0 aliphatic carbocycles. The summed E-state index contributed by atoms with van der Waals surface area (Å²) in [7, 11) is 3.29. The minimum Gasteiger partial charge on any atom is -0.497 e. The highest BCUT2D eigenvalue weighted by Gasteiger charge is 2.04. The summed E-state index contributed by atoms with van der Waals surface area (Å²) >= 11 is 0. The van der Waals surface area contributed by atoms with Crippen molar-refractivity contribution >= 4 is 0 Å². The van der Waals surface area contributed by atoms with Gasteiger partial charge in [-0.05, 0) is 24.6 Å². The van der Waals surface area contributed by atoms with Gasteiger partial charge in [-0.15, -0.1) is 0 Å². The van der Waals surface area contributed by atoms with E-state index in [2.05, 4.69) is 11.4 Å². The summed E-state index contributed by atoms with van der Waals surface area (Å²) in [6.45, 7) is 1.57. The van der Waals surface area contributed by atoms with E-state index in [0.717, 1.165) is 36.6 Å². The maximum atomic E-state index is 8.40. The molecule has 17 heavy (non-hydrogen) atoms. The second-order valence-electron chi connectivity index (χ2n) is 3.59. The van der Waals surface area contributed by atoms with Gasteiger partial charge < -0.3 is 14.8 Å². The van der Waals surface area contributed by atoms with Crippen molar-refractivity contribution in [2.45, 2.75) is 12.8 Å². The summed E-state index contributed by atoms with van der Waals surface area (Å²) in [5.74, 6) is 1.63. The van der Waals surface area contributed by atoms with Crippen molar-refractivity contribution in [1.82, 2.24) is 5.32 Å². The van der Waals surface area contributed by atoms with Crippen molar-refractivity contribution in [2.75, 3.05) is 27.3 Å². The zero-order chi connectivity index (χ0) is 12.5. The average molecular weight is 234 g/mol. The minimum absolute atomic E-state index is 0.541. The first kappa shape index (κ1) is 13.3. The highest BCUT2D eigenvalue weighted by molar-refractivity contribution is 5.40. The van der Waals surface area contributed by atoms with E-state index in [-0.39, 0.29) is 0 Å². The number of hydrogen-bond donors (Lipinski definition) is 1. The fraction of sp³-hybridized carbons (Fsp3) is 0.462. The molecule has 0 atom stereocenters. The van der Waals surface area contributed by atoms with Crippen molar-refractivity contribution in [3.8, 4) is 17.6 Å². The molecule has 4 nitrogen and oxygen atoms in total. The summed E-state index contributed by atoms with van der Waals surface area (Å²) in [6.07, 6.45) is 1.42. The molecule has 1 aromatic carbocycles. The normalized spacial score (nSPS) is 9.71. The smallest absolute Gasteiger partial charge is 0.125 e. The second kappa shape index (κ2) is 7.53. The first-order chi connectivity index (χ1) is 8.31. The Balaban J connectivity index is 2.50. The lowest BCUT2D eigenvalue weighted by Crippen LogP contribution is -2.18. The highest BCUT2D eigenvalue weighted by atomic mass is 16.5. The number of nitrogens with zero attached hydrogens (tertiary/aromatic N) is 1. The van der Waals surface area contributed by atoms with Crippen LogP contribution in [-0.2, 0) is 6.42 Å². The van der Waals surface area contributed by atoms with Gasteiger partial charge in [-0.3, -0.25) is 0 Å². The lowest BCUT2D eigenvalue weighted by Gasteiger charge is -2.10. The molecule has 4 heteroatoms. The van der Waals surface area contributed by atoms with E-state index in [9.17, 15) is 0 Å². The Labute approximate surface area is 102 Å². The summed E-state index contributed by atoms with van der Waals surface area (Å²) in [5.41, 5.74) is 1.14. The van der Waals surface area contributed by atoms with Gasteiger partial charge in [0, 0.05) is 19.0 Å². The molecule has 1 aromatic rings. The predicted molar refractivity (Wildman–Crippen MR) is 66.3 cm³/mol. The average Bonchev–Trinajstić information content (AvgIpc) is 2.38. The molecule has 0 aliphatic rings. The number of nitrogens with one attached hydrogen (secondary N) is 1. The van der Waals surface area contributed by atoms with E-state index in [1.165, 1.54) is 0 Å². The third-order valence-corrected chi connectivity index (χ3v) is 2.48. The zero-order valence-corrected chi connectivity index (χ0v) is 10.3.